The Labute approximate surface area is 149 Å². The molecular formula is C18H29N5O2. The molecule has 3 heterocycles. The topological polar surface area (TPSA) is 79.4 Å². The van der Waals surface area contributed by atoms with Crippen LogP contribution in [0.1, 0.15) is 33.6 Å². The summed E-state index contributed by atoms with van der Waals surface area (Å²) in [5.41, 5.74) is 0. The van der Waals surface area contributed by atoms with E-state index in [1.54, 1.807) is 6.20 Å². The van der Waals surface area contributed by atoms with Crippen molar-refractivity contribution in [1.29, 1.82) is 0 Å². The van der Waals surface area contributed by atoms with Crippen molar-refractivity contribution in [3.05, 3.63) is 12.3 Å². The number of nitrogens with zero attached hydrogens (tertiary/aromatic N) is 3. The molecule has 0 aliphatic carbocycles. The average Bonchev–Trinajstić information content (AvgIpc) is 3.07. The van der Waals surface area contributed by atoms with Gasteiger partial charge in [-0.2, -0.15) is 4.98 Å². The van der Waals surface area contributed by atoms with Crippen LogP contribution >= 0.6 is 0 Å². The zero-order valence-corrected chi connectivity index (χ0v) is 15.3. The second-order valence-electron chi connectivity index (χ2n) is 7.34. The summed E-state index contributed by atoms with van der Waals surface area (Å²) in [4.78, 5) is 22.4. The van der Waals surface area contributed by atoms with Crippen LogP contribution in [0.25, 0.3) is 0 Å². The number of anilines is 2. The summed E-state index contributed by atoms with van der Waals surface area (Å²) in [6, 6.07) is 2.30. The average molecular weight is 347 g/mol. The molecule has 0 aromatic carbocycles. The molecule has 25 heavy (non-hydrogen) atoms. The molecule has 3 rings (SSSR count). The van der Waals surface area contributed by atoms with Crippen molar-refractivity contribution >= 4 is 18.1 Å². The van der Waals surface area contributed by atoms with Crippen LogP contribution in [0.3, 0.4) is 0 Å². The third kappa shape index (κ3) is 4.10. The summed E-state index contributed by atoms with van der Waals surface area (Å²) in [5.74, 6) is 2.34. The lowest BCUT2D eigenvalue weighted by Gasteiger charge is -2.30. The minimum atomic E-state index is -0.572. The van der Waals surface area contributed by atoms with Crippen molar-refractivity contribution in [3.63, 3.8) is 0 Å². The summed E-state index contributed by atoms with van der Waals surface area (Å²) in [7, 11) is 0. The fraction of sp³-hybridized carbons (Fsp3) is 0.722. The molecule has 2 fully saturated rings. The van der Waals surface area contributed by atoms with E-state index in [1.807, 2.05) is 11.0 Å². The number of piperidine rings is 1. The van der Waals surface area contributed by atoms with Gasteiger partial charge in [0.05, 0.1) is 12.6 Å². The summed E-state index contributed by atoms with van der Waals surface area (Å²) in [6.45, 7) is 9.14. The van der Waals surface area contributed by atoms with Crippen molar-refractivity contribution in [2.75, 3.05) is 29.9 Å². The Balaban J connectivity index is 1.74. The Hall–Kier alpha value is -1.73. The van der Waals surface area contributed by atoms with E-state index in [-0.39, 0.29) is 6.04 Å². The molecule has 0 amide bonds. The van der Waals surface area contributed by atoms with Crippen LogP contribution in [-0.2, 0) is 9.53 Å². The molecule has 1 aromatic heterocycles. The van der Waals surface area contributed by atoms with Gasteiger partial charge in [0.25, 0.3) is 0 Å². The molecule has 7 nitrogen and oxygen atoms in total. The minimum Gasteiger partial charge on any atom is -0.351 e. The van der Waals surface area contributed by atoms with E-state index in [4.69, 9.17) is 4.74 Å². The zero-order chi connectivity index (χ0) is 17.8. The number of aromatic nitrogens is 2. The number of nitrogens with one attached hydrogen (secondary N) is 2. The first kappa shape index (κ1) is 18.1. The molecule has 1 aromatic rings. The van der Waals surface area contributed by atoms with Gasteiger partial charge in [-0.05, 0) is 50.8 Å². The van der Waals surface area contributed by atoms with Crippen molar-refractivity contribution in [2.45, 2.75) is 51.9 Å². The SMILES string of the molecule is CC(C)[C@H]1COC(C=O)N1c1ccnc(N[C@@H](C)C2CCNCC2)n1. The summed E-state index contributed by atoms with van der Waals surface area (Å²) >= 11 is 0. The van der Waals surface area contributed by atoms with Crippen LogP contribution in [0.15, 0.2) is 12.3 Å². The van der Waals surface area contributed by atoms with E-state index >= 15 is 0 Å². The first-order chi connectivity index (χ1) is 12.1. The number of ether oxygens (including phenoxy) is 1. The van der Waals surface area contributed by atoms with Crippen LogP contribution < -0.4 is 15.5 Å². The lowest BCUT2D eigenvalue weighted by atomic mass is 9.91. The van der Waals surface area contributed by atoms with E-state index in [9.17, 15) is 4.79 Å². The van der Waals surface area contributed by atoms with Crippen LogP contribution in [0, 0.1) is 11.8 Å². The second-order valence-corrected chi connectivity index (χ2v) is 7.34. The molecule has 2 aliphatic rings. The van der Waals surface area contributed by atoms with E-state index in [2.05, 4.69) is 41.4 Å². The highest BCUT2D eigenvalue weighted by molar-refractivity contribution is 5.64. The van der Waals surface area contributed by atoms with Gasteiger partial charge in [-0.15, -0.1) is 0 Å². The van der Waals surface area contributed by atoms with Gasteiger partial charge in [-0.1, -0.05) is 13.8 Å². The third-order valence-electron chi connectivity index (χ3n) is 5.31. The van der Waals surface area contributed by atoms with Gasteiger partial charge in [0.15, 0.2) is 12.5 Å². The van der Waals surface area contributed by atoms with E-state index in [0.717, 1.165) is 38.0 Å². The summed E-state index contributed by atoms with van der Waals surface area (Å²) < 4.78 is 5.63. The van der Waals surface area contributed by atoms with Crippen molar-refractivity contribution in [3.8, 4) is 0 Å². The smallest absolute Gasteiger partial charge is 0.224 e. The molecule has 0 saturated carbocycles. The quantitative estimate of drug-likeness (QED) is 0.758. The molecule has 1 unspecified atom stereocenters. The van der Waals surface area contributed by atoms with Crippen molar-refractivity contribution in [1.82, 2.24) is 15.3 Å². The molecule has 0 bridgehead atoms. The molecule has 0 radical (unpaired) electrons. The highest BCUT2D eigenvalue weighted by Crippen LogP contribution is 2.28. The van der Waals surface area contributed by atoms with E-state index in [0.29, 0.717) is 30.4 Å². The third-order valence-corrected chi connectivity index (χ3v) is 5.31. The number of hydrogen-bond donors (Lipinski definition) is 2. The van der Waals surface area contributed by atoms with Gasteiger partial charge < -0.3 is 20.3 Å². The number of carbonyl (C=O) groups is 1. The second kappa shape index (κ2) is 8.10. The van der Waals surface area contributed by atoms with Crippen LogP contribution in [0.5, 0.6) is 0 Å². The monoisotopic (exact) mass is 347 g/mol. The molecular weight excluding hydrogens is 318 g/mol. The lowest BCUT2D eigenvalue weighted by Crippen LogP contribution is -2.41. The van der Waals surface area contributed by atoms with Crippen LogP contribution in [0.4, 0.5) is 11.8 Å². The predicted molar refractivity (Wildman–Crippen MR) is 97.6 cm³/mol. The Morgan fingerprint density at radius 3 is 2.80 bits per heavy atom. The molecule has 0 spiro atoms. The largest absolute Gasteiger partial charge is 0.351 e. The number of hydrogen-bond acceptors (Lipinski definition) is 7. The molecule has 7 heteroatoms. The molecule has 2 aliphatic heterocycles. The Morgan fingerprint density at radius 1 is 1.36 bits per heavy atom. The predicted octanol–water partition coefficient (Wildman–Crippen LogP) is 1.66. The Kier molecular flexibility index (Phi) is 5.86. The van der Waals surface area contributed by atoms with Crippen LogP contribution in [-0.4, -0.2) is 54.3 Å². The van der Waals surface area contributed by atoms with Crippen molar-refractivity contribution in [2.24, 2.45) is 11.8 Å². The minimum absolute atomic E-state index is 0.139. The maximum absolute atomic E-state index is 11.4. The standard InChI is InChI=1S/C18H29N5O2/c1-12(2)15-11-25-17(10-24)23(15)16-6-9-20-18(22-16)21-13(3)14-4-7-19-8-5-14/h6,9-10,12-15,17,19H,4-5,7-8,11H2,1-3H3,(H,20,21,22)/t13-,15+,17?/m0/s1. The number of rotatable bonds is 6. The first-order valence-electron chi connectivity index (χ1n) is 9.25. The summed E-state index contributed by atoms with van der Waals surface area (Å²) in [6.07, 6.45) is 4.34. The molecule has 2 N–H and O–H groups in total. The van der Waals surface area contributed by atoms with Crippen LogP contribution in [0.2, 0.25) is 0 Å². The van der Waals surface area contributed by atoms with Gasteiger partial charge in [-0.25, -0.2) is 4.98 Å². The van der Waals surface area contributed by atoms with E-state index < -0.39 is 6.23 Å². The van der Waals surface area contributed by atoms with E-state index in [1.165, 1.54) is 0 Å². The number of aldehydes is 1. The van der Waals surface area contributed by atoms with Gasteiger partial charge in [0.1, 0.15) is 5.82 Å². The van der Waals surface area contributed by atoms with Gasteiger partial charge in [0.2, 0.25) is 5.95 Å². The zero-order valence-electron chi connectivity index (χ0n) is 15.3. The summed E-state index contributed by atoms with van der Waals surface area (Å²) in [5, 5.41) is 6.84. The van der Waals surface area contributed by atoms with Gasteiger partial charge >= 0.3 is 0 Å². The molecule has 3 atom stereocenters. The number of carbonyl (C=O) groups excluding carboxylic acids is 1. The maximum Gasteiger partial charge on any atom is 0.224 e. The highest BCUT2D eigenvalue weighted by atomic mass is 16.5. The molecule has 138 valence electrons. The Bertz CT molecular complexity index is 576. The lowest BCUT2D eigenvalue weighted by molar-refractivity contribution is -0.115. The fourth-order valence-electron chi connectivity index (χ4n) is 3.69. The normalized spacial score (nSPS) is 26.0. The van der Waals surface area contributed by atoms with Crippen molar-refractivity contribution < 1.29 is 9.53 Å². The Morgan fingerprint density at radius 2 is 2.12 bits per heavy atom. The maximum atomic E-state index is 11.4. The first-order valence-corrected chi connectivity index (χ1v) is 9.25. The molecule has 2 saturated heterocycles. The van der Waals surface area contributed by atoms with Gasteiger partial charge in [-0.3, -0.25) is 4.79 Å². The highest BCUT2D eigenvalue weighted by Gasteiger charge is 2.37. The van der Waals surface area contributed by atoms with Gasteiger partial charge in [0, 0.05) is 12.2 Å². The fourth-order valence-corrected chi connectivity index (χ4v) is 3.69.